The molecule has 0 aliphatic heterocycles. The molecule has 0 aromatic carbocycles. The van der Waals surface area contributed by atoms with Crippen molar-refractivity contribution in [2.45, 2.75) is 34.2 Å². The molecule has 0 radical (unpaired) electrons. The lowest BCUT2D eigenvalue weighted by Crippen LogP contribution is -2.14. The predicted molar refractivity (Wildman–Crippen MR) is 64.2 cm³/mol. The van der Waals surface area contributed by atoms with E-state index >= 15 is 0 Å². The van der Waals surface area contributed by atoms with Crippen LogP contribution in [-0.2, 0) is 6.54 Å². The van der Waals surface area contributed by atoms with Crippen LogP contribution in [0.3, 0.4) is 0 Å². The van der Waals surface area contributed by atoms with Gasteiger partial charge in [-0.05, 0) is 25.5 Å². The molecular weight excluding hydrogens is 190 g/mol. The Kier molecular flexibility index (Phi) is 3.66. The Bertz CT molecular complexity index is 501. The van der Waals surface area contributed by atoms with Crippen LogP contribution in [0.25, 0.3) is 11.2 Å². The quantitative estimate of drug-likeness (QED) is 0.783. The molecule has 2 aromatic heterocycles. The molecule has 0 saturated carbocycles. The van der Waals surface area contributed by atoms with E-state index in [1.54, 1.807) is 10.8 Å². The van der Waals surface area contributed by atoms with Gasteiger partial charge in [-0.1, -0.05) is 13.8 Å². The monoisotopic (exact) mass is 209 g/mol. The summed E-state index contributed by atoms with van der Waals surface area (Å²) in [6, 6.07) is 1.96. The molecule has 2 heterocycles. The number of hydrogen-bond donors (Lipinski definition) is 1. The smallest absolute Gasteiger partial charge is 0.291 e. The lowest BCUT2D eigenvalue weighted by molar-refractivity contribution is 0.753. The van der Waals surface area contributed by atoms with E-state index in [1.807, 2.05) is 33.8 Å². The average molecular weight is 209 g/mol. The van der Waals surface area contributed by atoms with E-state index in [0.717, 1.165) is 11.1 Å². The summed E-state index contributed by atoms with van der Waals surface area (Å²) in [5, 5.41) is 0. The Hall–Kier alpha value is -1.58. The standard InChI is InChI=1S/C9H11N3O.C2H6.H2/c1-3-12-7-4-6(2)5-10-8(7)11-9(12)13;1-2;/h4-5H,3H2,1-2H3,(H,10,11,13);1-2H3;1H. The second kappa shape index (κ2) is 4.77. The van der Waals surface area contributed by atoms with Gasteiger partial charge in [-0.3, -0.25) is 9.55 Å². The lowest BCUT2D eigenvalue weighted by atomic mass is 10.3. The van der Waals surface area contributed by atoms with Crippen molar-refractivity contribution < 1.29 is 1.43 Å². The van der Waals surface area contributed by atoms with Gasteiger partial charge in [0, 0.05) is 14.2 Å². The van der Waals surface area contributed by atoms with Crippen LogP contribution in [0.2, 0.25) is 0 Å². The Labute approximate surface area is 90.4 Å². The van der Waals surface area contributed by atoms with Crippen molar-refractivity contribution in [3.63, 3.8) is 0 Å². The first kappa shape index (κ1) is 11.5. The van der Waals surface area contributed by atoms with E-state index in [-0.39, 0.29) is 7.12 Å². The minimum absolute atomic E-state index is 0. The van der Waals surface area contributed by atoms with Crippen LogP contribution < -0.4 is 5.69 Å². The number of nitrogens with one attached hydrogen (secondary N) is 1. The number of imidazole rings is 1. The zero-order valence-corrected chi connectivity index (χ0v) is 9.66. The van der Waals surface area contributed by atoms with Gasteiger partial charge in [0.05, 0.1) is 5.52 Å². The third-order valence-electron chi connectivity index (χ3n) is 2.08. The molecule has 84 valence electrons. The minimum Gasteiger partial charge on any atom is -0.291 e. The van der Waals surface area contributed by atoms with Gasteiger partial charge in [-0.2, -0.15) is 0 Å². The van der Waals surface area contributed by atoms with E-state index in [1.165, 1.54) is 0 Å². The van der Waals surface area contributed by atoms with Gasteiger partial charge in [0.15, 0.2) is 5.65 Å². The van der Waals surface area contributed by atoms with Crippen LogP contribution in [-0.4, -0.2) is 14.5 Å². The lowest BCUT2D eigenvalue weighted by Gasteiger charge is -1.97. The van der Waals surface area contributed by atoms with Crippen molar-refractivity contribution in [2.24, 2.45) is 0 Å². The van der Waals surface area contributed by atoms with Crippen LogP contribution in [0.1, 0.15) is 27.8 Å². The third-order valence-corrected chi connectivity index (χ3v) is 2.08. The molecule has 1 N–H and O–H groups in total. The third kappa shape index (κ3) is 2.09. The highest BCUT2D eigenvalue weighted by molar-refractivity contribution is 5.71. The zero-order valence-electron chi connectivity index (χ0n) is 9.66. The summed E-state index contributed by atoms with van der Waals surface area (Å²) in [7, 11) is 0. The maximum Gasteiger partial charge on any atom is 0.327 e. The Morgan fingerprint density at radius 3 is 2.80 bits per heavy atom. The van der Waals surface area contributed by atoms with Crippen LogP contribution in [0, 0.1) is 6.92 Å². The van der Waals surface area contributed by atoms with Gasteiger partial charge in [-0.15, -0.1) is 0 Å². The molecule has 4 nitrogen and oxygen atoms in total. The molecule has 2 rings (SSSR count). The number of hydrogen-bond acceptors (Lipinski definition) is 2. The molecule has 4 heteroatoms. The maximum absolute atomic E-state index is 11.3. The molecule has 0 spiro atoms. The highest BCUT2D eigenvalue weighted by Gasteiger charge is 2.04. The van der Waals surface area contributed by atoms with Crippen LogP contribution in [0.5, 0.6) is 0 Å². The van der Waals surface area contributed by atoms with E-state index in [0.29, 0.717) is 12.2 Å². The summed E-state index contributed by atoms with van der Waals surface area (Å²) in [5.41, 5.74) is 2.52. The van der Waals surface area contributed by atoms with Crippen molar-refractivity contribution in [3.8, 4) is 0 Å². The SMILES string of the molecule is CC.CCn1c(=O)[nH]c2ncc(C)cc21.[HH]. The van der Waals surface area contributed by atoms with Crippen molar-refractivity contribution in [2.75, 3.05) is 0 Å². The fourth-order valence-electron chi connectivity index (χ4n) is 1.45. The van der Waals surface area contributed by atoms with Crippen LogP contribution in [0.4, 0.5) is 0 Å². The van der Waals surface area contributed by atoms with E-state index in [9.17, 15) is 4.79 Å². The number of nitrogens with zero attached hydrogens (tertiary/aromatic N) is 2. The highest BCUT2D eigenvalue weighted by atomic mass is 16.1. The number of aryl methyl sites for hydroxylation is 2. The molecule has 2 aromatic rings. The molecule has 0 atom stereocenters. The topological polar surface area (TPSA) is 50.7 Å². The molecule has 15 heavy (non-hydrogen) atoms. The molecule has 0 unspecified atom stereocenters. The minimum atomic E-state index is -0.0874. The van der Waals surface area contributed by atoms with Gasteiger partial charge in [0.2, 0.25) is 0 Å². The molecule has 0 amide bonds. The molecule has 0 aliphatic carbocycles. The van der Waals surface area contributed by atoms with E-state index in [2.05, 4.69) is 9.97 Å². The van der Waals surface area contributed by atoms with Gasteiger partial charge in [-0.25, -0.2) is 9.78 Å². The number of rotatable bonds is 1. The van der Waals surface area contributed by atoms with Gasteiger partial charge in [0.25, 0.3) is 0 Å². The Morgan fingerprint density at radius 1 is 1.53 bits per heavy atom. The van der Waals surface area contributed by atoms with Gasteiger partial charge >= 0.3 is 5.69 Å². The van der Waals surface area contributed by atoms with Crippen molar-refractivity contribution in [3.05, 3.63) is 28.3 Å². The van der Waals surface area contributed by atoms with Crippen molar-refractivity contribution >= 4 is 11.2 Å². The summed E-state index contributed by atoms with van der Waals surface area (Å²) in [6.07, 6.45) is 1.75. The van der Waals surface area contributed by atoms with Crippen LogP contribution in [0.15, 0.2) is 17.1 Å². The zero-order chi connectivity index (χ0) is 11.4. The second-order valence-electron chi connectivity index (χ2n) is 3.05. The number of fused-ring (bicyclic) bond motifs is 1. The first-order valence-corrected chi connectivity index (χ1v) is 5.27. The fourth-order valence-corrected chi connectivity index (χ4v) is 1.45. The summed E-state index contributed by atoms with van der Waals surface area (Å²) in [6.45, 7) is 8.57. The van der Waals surface area contributed by atoms with Crippen molar-refractivity contribution in [1.29, 1.82) is 0 Å². The fraction of sp³-hybridized carbons (Fsp3) is 0.455. The second-order valence-corrected chi connectivity index (χ2v) is 3.05. The number of aromatic nitrogens is 3. The van der Waals surface area contributed by atoms with Crippen LogP contribution >= 0.6 is 0 Å². The average Bonchev–Trinajstić information content (AvgIpc) is 2.56. The van der Waals surface area contributed by atoms with Crippen molar-refractivity contribution in [1.82, 2.24) is 14.5 Å². The molecule has 0 bridgehead atoms. The van der Waals surface area contributed by atoms with E-state index in [4.69, 9.17) is 0 Å². The number of pyridine rings is 1. The maximum atomic E-state index is 11.3. The first-order chi connectivity index (χ1) is 7.22. The summed E-state index contributed by atoms with van der Waals surface area (Å²) >= 11 is 0. The number of aromatic amines is 1. The summed E-state index contributed by atoms with van der Waals surface area (Å²) in [5.74, 6) is 0. The summed E-state index contributed by atoms with van der Waals surface area (Å²) in [4.78, 5) is 18.2. The predicted octanol–water partition coefficient (Wildman–Crippen LogP) is 2.33. The first-order valence-electron chi connectivity index (χ1n) is 5.27. The molecule has 0 fully saturated rings. The summed E-state index contributed by atoms with van der Waals surface area (Å²) < 4.78 is 1.68. The molecule has 0 saturated heterocycles. The Morgan fingerprint density at radius 2 is 2.20 bits per heavy atom. The van der Waals surface area contributed by atoms with Gasteiger partial charge in [0.1, 0.15) is 0 Å². The largest absolute Gasteiger partial charge is 0.327 e. The molecule has 0 aliphatic rings. The number of H-pyrrole nitrogens is 1. The molecular formula is C11H19N3O. The van der Waals surface area contributed by atoms with Gasteiger partial charge < -0.3 is 0 Å². The van der Waals surface area contributed by atoms with E-state index < -0.39 is 0 Å². The normalized spacial score (nSPS) is 9.87. The Balaban J connectivity index is 0.000000711. The highest BCUT2D eigenvalue weighted by Crippen LogP contribution is 2.08.